The lowest BCUT2D eigenvalue weighted by Crippen LogP contribution is -2.16. The Labute approximate surface area is 490 Å². The van der Waals surface area contributed by atoms with Crippen LogP contribution in [0.4, 0.5) is 0 Å². The van der Waals surface area contributed by atoms with Gasteiger partial charge in [0.05, 0.1) is 71.6 Å². The Hall–Kier alpha value is -11.5. The van der Waals surface area contributed by atoms with Crippen molar-refractivity contribution >= 4 is 130 Å². The minimum Gasteiger partial charge on any atom is -0.306 e. The summed E-state index contributed by atoms with van der Waals surface area (Å²) in [5.41, 5.74) is 15.2. The molecule has 18 rings (SSSR count). The number of benzene rings is 13. The minimum atomic E-state index is 0.418. The third kappa shape index (κ3) is 6.50. The Bertz CT molecular complexity index is 5840. The molecule has 0 amide bonds. The molecule has 13 aromatic carbocycles. The SMILES string of the molecule is N#Cc1c(-n2c3ccccc3c3ccccc32)c(-n2c3ccccc3c3ccccc32)c(C#N)c(-n2c3ccc(-c4cccc5cccc(-c6ccccc6)c45)cc3c3ccc4c5ccccc5sc4c32)c1-n1c2ccccc2c2ccccc21. The van der Waals surface area contributed by atoms with Crippen LogP contribution < -0.4 is 0 Å². The molecule has 0 unspecified atom stereocenters. The van der Waals surface area contributed by atoms with Crippen molar-refractivity contribution in [1.82, 2.24) is 18.3 Å². The highest BCUT2D eigenvalue weighted by molar-refractivity contribution is 7.26. The van der Waals surface area contributed by atoms with Gasteiger partial charge in [0.25, 0.3) is 0 Å². The summed E-state index contributed by atoms with van der Waals surface area (Å²) in [6.45, 7) is 0. The normalized spacial score (nSPS) is 12.0. The third-order valence-corrected chi connectivity index (χ3v) is 19.0. The highest BCUT2D eigenvalue weighted by Gasteiger charge is 2.35. The third-order valence-electron chi connectivity index (χ3n) is 17.8. The summed E-state index contributed by atoms with van der Waals surface area (Å²) in [5, 5.41) is 38.9. The van der Waals surface area contributed by atoms with E-state index >= 15 is 0 Å². The number of nitrogens with zero attached hydrogens (tertiary/aromatic N) is 6. The van der Waals surface area contributed by atoms with Gasteiger partial charge in [0.1, 0.15) is 23.3 Å². The van der Waals surface area contributed by atoms with E-state index in [0.29, 0.717) is 33.9 Å². The first-order chi connectivity index (χ1) is 42.2. The molecular formula is C78H44N6S. The van der Waals surface area contributed by atoms with Gasteiger partial charge in [-0.2, -0.15) is 10.5 Å². The second-order valence-corrected chi connectivity index (χ2v) is 23.1. The molecule has 0 atom stereocenters. The van der Waals surface area contributed by atoms with Crippen LogP contribution in [-0.2, 0) is 0 Å². The maximum absolute atomic E-state index is 13.0. The smallest absolute Gasteiger partial charge is 0.104 e. The Morgan fingerprint density at radius 2 is 0.671 bits per heavy atom. The van der Waals surface area contributed by atoms with Crippen molar-refractivity contribution in [2.45, 2.75) is 0 Å². The Balaban J connectivity index is 1.10. The molecular weight excluding hydrogens is 1050 g/mol. The van der Waals surface area contributed by atoms with Gasteiger partial charge in [-0.05, 0) is 87.6 Å². The molecule has 0 aliphatic heterocycles. The number of fused-ring (bicyclic) bond motifs is 17. The van der Waals surface area contributed by atoms with Crippen molar-refractivity contribution in [3.05, 3.63) is 278 Å². The van der Waals surface area contributed by atoms with E-state index in [2.05, 4.69) is 297 Å². The molecule has 392 valence electrons. The molecule has 5 aromatic heterocycles. The zero-order chi connectivity index (χ0) is 56.0. The van der Waals surface area contributed by atoms with Gasteiger partial charge in [-0.15, -0.1) is 11.3 Å². The largest absolute Gasteiger partial charge is 0.306 e. The van der Waals surface area contributed by atoms with Crippen molar-refractivity contribution in [3.63, 3.8) is 0 Å². The van der Waals surface area contributed by atoms with Crippen LogP contribution in [0, 0.1) is 22.7 Å². The zero-order valence-corrected chi connectivity index (χ0v) is 46.3. The number of nitriles is 2. The van der Waals surface area contributed by atoms with Crippen molar-refractivity contribution < 1.29 is 0 Å². The van der Waals surface area contributed by atoms with E-state index in [4.69, 9.17) is 0 Å². The first-order valence-corrected chi connectivity index (χ1v) is 29.4. The maximum Gasteiger partial charge on any atom is 0.104 e. The van der Waals surface area contributed by atoms with Crippen LogP contribution in [0.1, 0.15) is 11.1 Å². The van der Waals surface area contributed by atoms with Gasteiger partial charge in [-0.1, -0.05) is 212 Å². The average molecular weight is 1100 g/mol. The van der Waals surface area contributed by atoms with Gasteiger partial charge < -0.3 is 18.3 Å². The molecule has 18 aromatic rings. The van der Waals surface area contributed by atoms with Gasteiger partial charge in [-0.25, -0.2) is 0 Å². The summed E-state index contributed by atoms with van der Waals surface area (Å²) in [6, 6.07) is 101. The van der Waals surface area contributed by atoms with E-state index in [0.717, 1.165) is 119 Å². The molecule has 0 radical (unpaired) electrons. The lowest BCUT2D eigenvalue weighted by molar-refractivity contribution is 1.03. The molecule has 0 aliphatic rings. The van der Waals surface area contributed by atoms with E-state index in [1.54, 1.807) is 11.3 Å². The average Bonchev–Trinajstić information content (AvgIpc) is 2.75. The number of hydrogen-bond acceptors (Lipinski definition) is 3. The summed E-state index contributed by atoms with van der Waals surface area (Å²) in [4.78, 5) is 0. The quantitative estimate of drug-likeness (QED) is 0.166. The standard InChI is InChI=1S/C78H44N6S/c79-45-62-73(81-64-33-11-4-24-52(64)53-25-5-12-34-65(53)81)74(82-66-35-13-6-26-54(66)55-27-7-14-36-67(55)82)63(46-80)76(75(62)83-68-37-15-8-28-56(68)57-29-9-16-38-69(57)83)84-70-43-40-49(51-32-19-23-48-22-18-31-50(72(48)51)47-20-2-1-3-21-47)44-61(70)59-41-42-60-58-30-10-17-39-71(58)85-78(60)77(59)84/h1-44H. The van der Waals surface area contributed by atoms with Crippen LogP contribution in [0.25, 0.3) is 163 Å². The molecule has 85 heavy (non-hydrogen) atoms. The van der Waals surface area contributed by atoms with Crippen LogP contribution >= 0.6 is 11.3 Å². The van der Waals surface area contributed by atoms with Crippen LogP contribution in [0.15, 0.2) is 267 Å². The first-order valence-electron chi connectivity index (χ1n) is 28.6. The minimum absolute atomic E-state index is 0.418. The van der Waals surface area contributed by atoms with E-state index in [1.807, 2.05) is 0 Å². The Morgan fingerprint density at radius 1 is 0.282 bits per heavy atom. The molecule has 5 heterocycles. The summed E-state index contributed by atoms with van der Waals surface area (Å²) >= 11 is 1.77. The maximum atomic E-state index is 13.0. The highest BCUT2D eigenvalue weighted by Crippen LogP contribution is 2.51. The van der Waals surface area contributed by atoms with Gasteiger partial charge in [0, 0.05) is 58.6 Å². The van der Waals surface area contributed by atoms with Crippen molar-refractivity contribution in [2.24, 2.45) is 0 Å². The highest BCUT2D eigenvalue weighted by atomic mass is 32.1. The fourth-order valence-corrected chi connectivity index (χ4v) is 15.6. The second-order valence-electron chi connectivity index (χ2n) is 22.1. The van der Waals surface area contributed by atoms with Crippen LogP contribution in [0.2, 0.25) is 0 Å². The van der Waals surface area contributed by atoms with E-state index in [-0.39, 0.29) is 0 Å². The lowest BCUT2D eigenvalue weighted by atomic mass is 9.91. The van der Waals surface area contributed by atoms with Gasteiger partial charge >= 0.3 is 0 Å². The van der Waals surface area contributed by atoms with E-state index in [9.17, 15) is 10.5 Å². The molecule has 0 bridgehead atoms. The lowest BCUT2D eigenvalue weighted by Gasteiger charge is -2.27. The number of thiophene rings is 1. The number of aromatic nitrogens is 4. The van der Waals surface area contributed by atoms with E-state index < -0.39 is 0 Å². The van der Waals surface area contributed by atoms with Crippen molar-refractivity contribution in [2.75, 3.05) is 0 Å². The summed E-state index contributed by atoms with van der Waals surface area (Å²) in [7, 11) is 0. The molecule has 0 spiro atoms. The topological polar surface area (TPSA) is 67.3 Å². The first kappa shape index (κ1) is 47.2. The van der Waals surface area contributed by atoms with Crippen molar-refractivity contribution in [3.8, 4) is 57.1 Å². The van der Waals surface area contributed by atoms with Crippen LogP contribution in [-0.4, -0.2) is 18.3 Å². The molecule has 0 fully saturated rings. The van der Waals surface area contributed by atoms with E-state index in [1.165, 1.54) is 21.0 Å². The molecule has 0 aliphatic carbocycles. The monoisotopic (exact) mass is 1100 g/mol. The van der Waals surface area contributed by atoms with Crippen LogP contribution in [0.3, 0.4) is 0 Å². The fourth-order valence-electron chi connectivity index (χ4n) is 14.4. The van der Waals surface area contributed by atoms with Crippen LogP contribution in [0.5, 0.6) is 0 Å². The Kier molecular flexibility index (Phi) is 10.00. The molecule has 0 saturated heterocycles. The summed E-state index contributed by atoms with van der Waals surface area (Å²) in [5.74, 6) is 0. The van der Waals surface area contributed by atoms with Gasteiger partial charge in [-0.3, -0.25) is 0 Å². The number of hydrogen-bond donors (Lipinski definition) is 0. The predicted octanol–water partition coefficient (Wildman–Crippen LogP) is 20.7. The molecule has 6 nitrogen and oxygen atoms in total. The molecule has 0 saturated carbocycles. The zero-order valence-electron chi connectivity index (χ0n) is 45.5. The number of rotatable bonds is 6. The Morgan fingerprint density at radius 3 is 1.14 bits per heavy atom. The summed E-state index contributed by atoms with van der Waals surface area (Å²) in [6.07, 6.45) is 0. The predicted molar refractivity (Wildman–Crippen MR) is 354 cm³/mol. The summed E-state index contributed by atoms with van der Waals surface area (Å²) < 4.78 is 11.4. The second kappa shape index (κ2) is 18.0. The number of para-hydroxylation sites is 6. The fraction of sp³-hybridized carbons (Fsp3) is 0. The van der Waals surface area contributed by atoms with Crippen molar-refractivity contribution in [1.29, 1.82) is 10.5 Å². The molecule has 0 N–H and O–H groups in total. The molecule has 7 heteroatoms. The van der Waals surface area contributed by atoms with Gasteiger partial charge in [0.15, 0.2) is 0 Å². The van der Waals surface area contributed by atoms with Gasteiger partial charge in [0.2, 0.25) is 0 Å².